The molecule has 2 rings (SSSR count). The first-order chi connectivity index (χ1) is 12.5. The van der Waals surface area contributed by atoms with Crippen LogP contribution in [0.15, 0.2) is 34.2 Å². The number of sulfonamides is 1. The maximum absolute atomic E-state index is 13.0. The van der Waals surface area contributed by atoms with Gasteiger partial charge in [-0.15, -0.1) is 24.0 Å². The summed E-state index contributed by atoms with van der Waals surface area (Å²) >= 11 is 0. The highest BCUT2D eigenvalue weighted by molar-refractivity contribution is 14.0. The van der Waals surface area contributed by atoms with Gasteiger partial charge >= 0.3 is 0 Å². The van der Waals surface area contributed by atoms with Crippen molar-refractivity contribution in [1.29, 1.82) is 0 Å². The van der Waals surface area contributed by atoms with Crippen molar-refractivity contribution in [1.82, 2.24) is 14.9 Å². The SMILES string of the molecule is CN=C(NCc1ccccc1S(=O)(=O)N1CCCCC1)NC(C)COC.I. The fourth-order valence-electron chi connectivity index (χ4n) is 3.04. The lowest BCUT2D eigenvalue weighted by Crippen LogP contribution is -2.43. The highest BCUT2D eigenvalue weighted by atomic mass is 127. The Labute approximate surface area is 180 Å². The Morgan fingerprint density at radius 1 is 1.26 bits per heavy atom. The largest absolute Gasteiger partial charge is 0.383 e. The Morgan fingerprint density at radius 2 is 1.93 bits per heavy atom. The molecular formula is C18H31IN4O3S. The van der Waals surface area contributed by atoms with E-state index in [9.17, 15) is 8.42 Å². The van der Waals surface area contributed by atoms with Crippen LogP contribution in [0.1, 0.15) is 31.7 Å². The molecule has 0 radical (unpaired) electrons. The van der Waals surface area contributed by atoms with Gasteiger partial charge in [0.2, 0.25) is 10.0 Å². The monoisotopic (exact) mass is 510 g/mol. The number of hydrogen-bond acceptors (Lipinski definition) is 4. The third-order valence-electron chi connectivity index (χ3n) is 4.38. The van der Waals surface area contributed by atoms with Gasteiger partial charge in [-0.2, -0.15) is 4.31 Å². The zero-order chi connectivity index (χ0) is 19.0. The molecule has 1 heterocycles. The number of ether oxygens (including phenoxy) is 1. The van der Waals surface area contributed by atoms with Crippen LogP contribution < -0.4 is 10.6 Å². The van der Waals surface area contributed by atoms with Crippen molar-refractivity contribution in [3.05, 3.63) is 29.8 Å². The van der Waals surface area contributed by atoms with Crippen molar-refractivity contribution in [2.24, 2.45) is 4.99 Å². The number of rotatable bonds is 7. The topological polar surface area (TPSA) is 83.0 Å². The summed E-state index contributed by atoms with van der Waals surface area (Å²) in [6, 6.07) is 7.25. The van der Waals surface area contributed by atoms with Gasteiger partial charge in [0.05, 0.1) is 11.5 Å². The lowest BCUT2D eigenvalue weighted by Gasteiger charge is -2.27. The molecule has 0 aromatic heterocycles. The van der Waals surface area contributed by atoms with E-state index in [1.807, 2.05) is 19.1 Å². The quantitative estimate of drug-likeness (QED) is 0.334. The molecule has 154 valence electrons. The number of aliphatic imine (C=N–C) groups is 1. The Hall–Kier alpha value is -0.910. The van der Waals surface area contributed by atoms with Crippen LogP contribution in [0.25, 0.3) is 0 Å². The normalized spacial score (nSPS) is 17.1. The number of nitrogens with one attached hydrogen (secondary N) is 2. The lowest BCUT2D eigenvalue weighted by molar-refractivity contribution is 0.179. The molecule has 0 aliphatic carbocycles. The summed E-state index contributed by atoms with van der Waals surface area (Å²) in [7, 11) is -0.131. The van der Waals surface area contributed by atoms with Gasteiger partial charge in [-0.25, -0.2) is 8.42 Å². The van der Waals surface area contributed by atoms with Crippen molar-refractivity contribution in [2.75, 3.05) is 33.9 Å². The van der Waals surface area contributed by atoms with Crippen LogP contribution in [-0.4, -0.2) is 58.6 Å². The summed E-state index contributed by atoms with van der Waals surface area (Å²) < 4.78 is 32.8. The maximum Gasteiger partial charge on any atom is 0.243 e. The van der Waals surface area contributed by atoms with E-state index in [0.29, 0.717) is 37.1 Å². The van der Waals surface area contributed by atoms with E-state index < -0.39 is 10.0 Å². The predicted molar refractivity (Wildman–Crippen MR) is 119 cm³/mol. The molecule has 27 heavy (non-hydrogen) atoms. The van der Waals surface area contributed by atoms with Crippen molar-refractivity contribution in [3.8, 4) is 0 Å². The van der Waals surface area contributed by atoms with Gasteiger partial charge in [0.1, 0.15) is 0 Å². The minimum atomic E-state index is -3.47. The summed E-state index contributed by atoms with van der Waals surface area (Å²) in [5.74, 6) is 0.611. The van der Waals surface area contributed by atoms with Crippen LogP contribution in [0.3, 0.4) is 0 Å². The van der Waals surface area contributed by atoms with Gasteiger partial charge in [-0.3, -0.25) is 4.99 Å². The molecule has 1 aliphatic rings. The van der Waals surface area contributed by atoms with E-state index in [4.69, 9.17) is 4.74 Å². The third kappa shape index (κ3) is 6.88. The van der Waals surface area contributed by atoms with Crippen molar-refractivity contribution < 1.29 is 13.2 Å². The fraction of sp³-hybridized carbons (Fsp3) is 0.611. The second-order valence-corrected chi connectivity index (χ2v) is 8.41. The van der Waals surface area contributed by atoms with Crippen molar-refractivity contribution in [2.45, 2.75) is 43.7 Å². The molecule has 1 atom stereocenters. The zero-order valence-corrected chi connectivity index (χ0v) is 19.4. The summed E-state index contributed by atoms with van der Waals surface area (Å²) in [5.41, 5.74) is 0.736. The van der Waals surface area contributed by atoms with E-state index in [-0.39, 0.29) is 30.0 Å². The summed E-state index contributed by atoms with van der Waals surface area (Å²) in [6.45, 7) is 4.12. The number of piperidine rings is 1. The summed E-state index contributed by atoms with van der Waals surface area (Å²) in [6.07, 6.45) is 2.94. The zero-order valence-electron chi connectivity index (χ0n) is 16.3. The third-order valence-corrected chi connectivity index (χ3v) is 6.37. The first kappa shape index (κ1) is 24.1. The van der Waals surface area contributed by atoms with Gasteiger partial charge in [0, 0.05) is 39.8 Å². The Balaban J connectivity index is 0.00000364. The van der Waals surface area contributed by atoms with E-state index in [1.54, 1.807) is 30.6 Å². The molecule has 1 fully saturated rings. The highest BCUT2D eigenvalue weighted by Crippen LogP contribution is 2.23. The standard InChI is InChI=1S/C18H30N4O3S.HI/c1-15(14-25-3)21-18(19-2)20-13-16-9-5-6-10-17(16)26(23,24)22-11-7-4-8-12-22;/h5-6,9-10,15H,4,7-8,11-14H2,1-3H3,(H2,19,20,21);1H. The summed E-state index contributed by atoms with van der Waals surface area (Å²) in [5, 5.41) is 6.40. The fourth-order valence-corrected chi connectivity index (χ4v) is 4.78. The molecule has 1 saturated heterocycles. The molecule has 1 aromatic rings. The number of guanidine groups is 1. The average molecular weight is 510 g/mol. The molecule has 0 saturated carbocycles. The molecule has 1 aromatic carbocycles. The van der Waals surface area contributed by atoms with Crippen LogP contribution in [-0.2, 0) is 21.3 Å². The second-order valence-electron chi connectivity index (χ2n) is 6.50. The molecule has 1 aliphatic heterocycles. The first-order valence-electron chi connectivity index (χ1n) is 9.03. The van der Waals surface area contributed by atoms with E-state index in [1.165, 1.54) is 0 Å². The molecule has 2 N–H and O–H groups in total. The molecule has 7 nitrogen and oxygen atoms in total. The smallest absolute Gasteiger partial charge is 0.243 e. The average Bonchev–Trinajstić information content (AvgIpc) is 2.66. The molecule has 0 spiro atoms. The van der Waals surface area contributed by atoms with Crippen molar-refractivity contribution >= 4 is 40.0 Å². The number of nitrogens with zero attached hydrogens (tertiary/aromatic N) is 2. The van der Waals surface area contributed by atoms with Crippen LogP contribution in [0.5, 0.6) is 0 Å². The van der Waals surface area contributed by atoms with Gasteiger partial charge in [0.15, 0.2) is 5.96 Å². The van der Waals surface area contributed by atoms with Gasteiger partial charge in [-0.05, 0) is 31.4 Å². The summed E-state index contributed by atoms with van der Waals surface area (Å²) in [4.78, 5) is 4.56. The maximum atomic E-state index is 13.0. The van der Waals surface area contributed by atoms with Crippen LogP contribution in [0.2, 0.25) is 0 Å². The predicted octanol–water partition coefficient (Wildman–Crippen LogP) is 2.18. The number of benzene rings is 1. The highest BCUT2D eigenvalue weighted by Gasteiger charge is 2.27. The molecule has 0 bridgehead atoms. The van der Waals surface area contributed by atoms with Crippen LogP contribution in [0.4, 0.5) is 0 Å². The Kier molecular flexibility index (Phi) is 10.6. The minimum absolute atomic E-state index is 0. The molecule has 9 heteroatoms. The Bertz CT molecular complexity index is 706. The molecule has 1 unspecified atom stereocenters. The van der Waals surface area contributed by atoms with Gasteiger partial charge in [-0.1, -0.05) is 24.6 Å². The van der Waals surface area contributed by atoms with E-state index >= 15 is 0 Å². The number of halogens is 1. The minimum Gasteiger partial charge on any atom is -0.383 e. The Morgan fingerprint density at radius 3 is 2.56 bits per heavy atom. The lowest BCUT2D eigenvalue weighted by atomic mass is 10.2. The van der Waals surface area contributed by atoms with Crippen LogP contribution >= 0.6 is 24.0 Å². The van der Waals surface area contributed by atoms with E-state index in [2.05, 4.69) is 15.6 Å². The van der Waals surface area contributed by atoms with Gasteiger partial charge < -0.3 is 15.4 Å². The number of hydrogen-bond donors (Lipinski definition) is 2. The van der Waals surface area contributed by atoms with Gasteiger partial charge in [0.25, 0.3) is 0 Å². The van der Waals surface area contributed by atoms with Crippen LogP contribution in [0, 0.1) is 0 Å². The van der Waals surface area contributed by atoms with E-state index in [0.717, 1.165) is 24.8 Å². The van der Waals surface area contributed by atoms with Crippen molar-refractivity contribution in [3.63, 3.8) is 0 Å². The first-order valence-corrected chi connectivity index (χ1v) is 10.5. The number of methoxy groups -OCH3 is 1. The molecule has 0 amide bonds. The second kappa shape index (κ2) is 11.8. The molecular weight excluding hydrogens is 479 g/mol.